The van der Waals surface area contributed by atoms with Gasteiger partial charge in [0, 0.05) is 13.0 Å². The molecule has 2 N–H and O–H groups in total. The molecule has 1 aliphatic rings. The van der Waals surface area contributed by atoms with E-state index in [0.717, 1.165) is 18.5 Å². The summed E-state index contributed by atoms with van der Waals surface area (Å²) in [6, 6.07) is 0. The molecule has 154 valence electrons. The average molecular weight is 408 g/mol. The fourth-order valence-corrected chi connectivity index (χ4v) is 2.88. The third-order valence-electron chi connectivity index (χ3n) is 4.48. The number of ether oxygens (including phenoxy) is 1. The number of esters is 1. The average Bonchev–Trinajstić information content (AvgIpc) is 3.53. The number of hydrogen-bond donors (Lipinski definition) is 2. The molecule has 0 spiro atoms. The molecule has 1 fully saturated rings. The molecule has 4 rings (SSSR count). The Morgan fingerprint density at radius 3 is 2.67 bits per heavy atom. The molecule has 1 saturated carbocycles. The van der Waals surface area contributed by atoms with E-state index in [2.05, 4.69) is 35.7 Å². The largest absolute Gasteiger partial charge is 0.461 e. The van der Waals surface area contributed by atoms with Crippen LogP contribution in [0.1, 0.15) is 52.4 Å². The topological polar surface area (TPSA) is 137 Å². The van der Waals surface area contributed by atoms with Crippen LogP contribution in [0, 0.1) is 0 Å². The monoisotopic (exact) mass is 408 g/mol. The van der Waals surface area contributed by atoms with Crippen molar-refractivity contribution < 1.29 is 14.3 Å². The molecular weight excluding hydrogens is 388 g/mol. The molecule has 0 bridgehead atoms. The van der Waals surface area contributed by atoms with Crippen molar-refractivity contribution in [1.29, 1.82) is 0 Å². The molecule has 3 aromatic heterocycles. The van der Waals surface area contributed by atoms with E-state index in [9.17, 15) is 9.59 Å². The highest BCUT2D eigenvalue weighted by Crippen LogP contribution is 2.39. The van der Waals surface area contributed by atoms with Gasteiger partial charge in [-0.1, -0.05) is 0 Å². The third kappa shape index (κ3) is 4.09. The van der Waals surface area contributed by atoms with Gasteiger partial charge in [0.15, 0.2) is 17.2 Å². The molecule has 0 radical (unpaired) electrons. The van der Waals surface area contributed by atoms with Crippen LogP contribution in [-0.4, -0.2) is 48.2 Å². The van der Waals surface area contributed by atoms with E-state index in [-0.39, 0.29) is 29.5 Å². The molecule has 3 heterocycles. The highest BCUT2D eigenvalue weighted by Gasteiger charge is 2.28. The Morgan fingerprint density at radius 1 is 1.20 bits per heavy atom. The van der Waals surface area contributed by atoms with Crippen LogP contribution in [0.5, 0.6) is 0 Å². The zero-order valence-electron chi connectivity index (χ0n) is 16.5. The van der Waals surface area contributed by atoms with Crippen molar-refractivity contribution in [2.24, 2.45) is 7.05 Å². The number of rotatable bonds is 7. The highest BCUT2D eigenvalue weighted by molar-refractivity contribution is 6.09. The number of carbonyl (C=O) groups excluding carboxylic acids is 2. The minimum absolute atomic E-state index is 0.0990. The van der Waals surface area contributed by atoms with Crippen LogP contribution in [-0.2, 0) is 11.8 Å². The molecule has 11 nitrogen and oxygen atoms in total. The van der Waals surface area contributed by atoms with Crippen LogP contribution in [0.3, 0.4) is 0 Å². The summed E-state index contributed by atoms with van der Waals surface area (Å²) in [6.07, 6.45) is 9.61. The van der Waals surface area contributed by atoms with E-state index in [1.165, 1.54) is 17.2 Å². The Hall–Kier alpha value is -3.89. The fourth-order valence-electron chi connectivity index (χ4n) is 2.88. The maximum atomic E-state index is 13.1. The van der Waals surface area contributed by atoms with Gasteiger partial charge in [0.05, 0.1) is 48.5 Å². The second-order valence-electron chi connectivity index (χ2n) is 6.72. The number of nitrogens with zero attached hydrogens (tertiary/aromatic N) is 6. The van der Waals surface area contributed by atoms with Gasteiger partial charge in [-0.25, -0.2) is 24.7 Å². The molecular formula is C19H20N8O3. The SMILES string of the molecule is CCOC(=O)c1c(NC(=O)c2nc(C3CC3)cnc2Nc2cncnc2)cnn1C. The van der Waals surface area contributed by atoms with E-state index in [1.807, 2.05) is 0 Å². The smallest absolute Gasteiger partial charge is 0.358 e. The first-order valence-electron chi connectivity index (χ1n) is 9.46. The van der Waals surface area contributed by atoms with Crippen LogP contribution in [0.4, 0.5) is 17.2 Å². The molecule has 11 heteroatoms. The Balaban J connectivity index is 1.64. The standard InChI is InChI=1S/C19H20N8O3/c1-3-30-19(29)16-14(9-23-27(16)2)26-18(28)15-17(24-12-6-20-10-21-7-12)22-8-13(25-15)11-4-5-11/h6-11H,3-5H2,1-2H3,(H,22,24)(H,26,28). The quantitative estimate of drug-likeness (QED) is 0.563. The van der Waals surface area contributed by atoms with Crippen LogP contribution in [0.25, 0.3) is 0 Å². The molecule has 0 atom stereocenters. The molecule has 3 aromatic rings. The van der Waals surface area contributed by atoms with Crippen molar-refractivity contribution in [2.45, 2.75) is 25.7 Å². The summed E-state index contributed by atoms with van der Waals surface area (Å²) in [4.78, 5) is 42.1. The highest BCUT2D eigenvalue weighted by atomic mass is 16.5. The fraction of sp³-hybridized carbons (Fsp3) is 0.316. The van der Waals surface area contributed by atoms with Crippen molar-refractivity contribution >= 4 is 29.1 Å². The van der Waals surface area contributed by atoms with Gasteiger partial charge in [-0.15, -0.1) is 0 Å². The van der Waals surface area contributed by atoms with E-state index >= 15 is 0 Å². The lowest BCUT2D eigenvalue weighted by Crippen LogP contribution is -2.20. The van der Waals surface area contributed by atoms with Gasteiger partial charge in [-0.2, -0.15) is 5.10 Å². The molecule has 1 aliphatic carbocycles. The van der Waals surface area contributed by atoms with Crippen LogP contribution in [0.2, 0.25) is 0 Å². The number of anilines is 3. The van der Waals surface area contributed by atoms with Crippen molar-refractivity contribution in [3.63, 3.8) is 0 Å². The van der Waals surface area contributed by atoms with Gasteiger partial charge < -0.3 is 15.4 Å². The lowest BCUT2D eigenvalue weighted by atomic mass is 10.2. The molecule has 0 unspecified atom stereocenters. The van der Waals surface area contributed by atoms with Gasteiger partial charge in [0.1, 0.15) is 6.33 Å². The summed E-state index contributed by atoms with van der Waals surface area (Å²) in [6.45, 7) is 1.91. The van der Waals surface area contributed by atoms with Crippen LogP contribution >= 0.6 is 0 Å². The summed E-state index contributed by atoms with van der Waals surface area (Å²) in [5.74, 6) is -0.534. The molecule has 0 saturated heterocycles. The number of aromatic nitrogens is 6. The van der Waals surface area contributed by atoms with Crippen molar-refractivity contribution in [3.8, 4) is 0 Å². The normalized spacial score (nSPS) is 13.0. The van der Waals surface area contributed by atoms with Gasteiger partial charge >= 0.3 is 5.97 Å². The number of hydrogen-bond acceptors (Lipinski definition) is 9. The van der Waals surface area contributed by atoms with Crippen molar-refractivity contribution in [2.75, 3.05) is 17.2 Å². The summed E-state index contributed by atoms with van der Waals surface area (Å²) < 4.78 is 6.40. The minimum Gasteiger partial charge on any atom is -0.461 e. The predicted molar refractivity (Wildman–Crippen MR) is 106 cm³/mol. The van der Waals surface area contributed by atoms with E-state index < -0.39 is 11.9 Å². The van der Waals surface area contributed by atoms with Gasteiger partial charge in [0.2, 0.25) is 0 Å². The second kappa shape index (κ2) is 8.23. The van der Waals surface area contributed by atoms with Gasteiger partial charge in [-0.3, -0.25) is 9.48 Å². The summed E-state index contributed by atoms with van der Waals surface area (Å²) >= 11 is 0. The first-order valence-corrected chi connectivity index (χ1v) is 9.46. The number of nitrogens with one attached hydrogen (secondary N) is 2. The van der Waals surface area contributed by atoms with Crippen molar-refractivity contribution in [3.05, 3.63) is 48.2 Å². The van der Waals surface area contributed by atoms with Crippen LogP contribution in [0.15, 0.2) is 31.1 Å². The maximum absolute atomic E-state index is 13.1. The zero-order valence-corrected chi connectivity index (χ0v) is 16.5. The minimum atomic E-state index is -0.578. The molecule has 0 aliphatic heterocycles. The lowest BCUT2D eigenvalue weighted by molar-refractivity contribution is 0.0515. The molecule has 1 amide bonds. The zero-order chi connectivity index (χ0) is 21.1. The summed E-state index contributed by atoms with van der Waals surface area (Å²) in [5, 5.41) is 9.77. The second-order valence-corrected chi connectivity index (χ2v) is 6.72. The Labute approximate surface area is 171 Å². The maximum Gasteiger partial charge on any atom is 0.358 e. The lowest BCUT2D eigenvalue weighted by Gasteiger charge is -2.12. The third-order valence-corrected chi connectivity index (χ3v) is 4.48. The van der Waals surface area contributed by atoms with E-state index in [1.54, 1.807) is 32.6 Å². The number of aryl methyl sites for hydroxylation is 1. The predicted octanol–water partition coefficient (Wildman–Crippen LogP) is 2.05. The number of amides is 1. The Kier molecular flexibility index (Phi) is 5.33. The van der Waals surface area contributed by atoms with Gasteiger partial charge in [-0.05, 0) is 19.8 Å². The Morgan fingerprint density at radius 2 is 1.97 bits per heavy atom. The molecule has 30 heavy (non-hydrogen) atoms. The first-order chi connectivity index (χ1) is 14.6. The number of carbonyl (C=O) groups is 2. The van der Waals surface area contributed by atoms with E-state index in [4.69, 9.17) is 4.74 Å². The summed E-state index contributed by atoms with van der Waals surface area (Å²) in [5.41, 5.74) is 1.79. The van der Waals surface area contributed by atoms with Crippen molar-refractivity contribution in [1.82, 2.24) is 29.7 Å². The van der Waals surface area contributed by atoms with Crippen LogP contribution < -0.4 is 10.6 Å². The Bertz CT molecular complexity index is 1080. The molecule has 0 aromatic carbocycles. The van der Waals surface area contributed by atoms with Gasteiger partial charge in [0.25, 0.3) is 5.91 Å². The van der Waals surface area contributed by atoms with E-state index in [0.29, 0.717) is 11.6 Å². The first kappa shape index (κ1) is 19.4. The summed E-state index contributed by atoms with van der Waals surface area (Å²) in [7, 11) is 1.60.